The van der Waals surface area contributed by atoms with Gasteiger partial charge in [-0.3, -0.25) is 4.98 Å². The van der Waals surface area contributed by atoms with E-state index in [2.05, 4.69) is 34.1 Å². The average Bonchev–Trinajstić information content (AvgIpc) is 2.80. The molecule has 0 fully saturated rings. The molecule has 3 aromatic carbocycles. The Balaban J connectivity index is 1.83. The number of aliphatic hydroxyl groups is 1. The fourth-order valence-electron chi connectivity index (χ4n) is 3.38. The fourth-order valence-corrected chi connectivity index (χ4v) is 3.38. The van der Waals surface area contributed by atoms with Gasteiger partial charge in [-0.1, -0.05) is 36.4 Å². The molecule has 0 amide bonds. The molecule has 0 radical (unpaired) electrons. The molecule has 4 aromatic rings. The van der Waals surface area contributed by atoms with Crippen molar-refractivity contribution in [3.63, 3.8) is 0 Å². The van der Waals surface area contributed by atoms with E-state index in [1.54, 1.807) is 13.3 Å². The van der Waals surface area contributed by atoms with Gasteiger partial charge in [0.25, 0.3) is 0 Å². The minimum atomic E-state index is -0.0838. The quantitative estimate of drug-likeness (QED) is 0.463. The van der Waals surface area contributed by atoms with Crippen LogP contribution in [0, 0.1) is 0 Å². The molecule has 4 nitrogen and oxygen atoms in total. The number of aliphatic hydroxyl groups excluding tert-OH is 1. The molecule has 144 valence electrons. The first kappa shape index (κ1) is 18.7. The maximum Gasteiger partial charge on any atom is 0.119 e. The highest BCUT2D eigenvalue weighted by Gasteiger charge is 2.14. The normalized spacial score (nSPS) is 10.6. The van der Waals surface area contributed by atoms with Crippen LogP contribution in [-0.4, -0.2) is 17.2 Å². The third-order valence-corrected chi connectivity index (χ3v) is 4.79. The summed E-state index contributed by atoms with van der Waals surface area (Å²) in [6, 6.07) is 30.2. The molecule has 0 bridgehead atoms. The van der Waals surface area contributed by atoms with E-state index in [-0.39, 0.29) is 6.61 Å². The standard InChI is InChI=1S/C25H22N2O2/c1-29-23-12-13-24(19(16-23)18-28)25-17-22(14-15-26-25)27(20-8-4-2-5-9-20)21-10-6-3-7-11-21/h2-17,28H,18H2,1H3. The molecular formula is C25H22N2O2. The van der Waals surface area contributed by atoms with E-state index in [9.17, 15) is 5.11 Å². The molecule has 0 unspecified atom stereocenters. The Labute approximate surface area is 170 Å². The van der Waals surface area contributed by atoms with Crippen LogP contribution in [0.2, 0.25) is 0 Å². The summed E-state index contributed by atoms with van der Waals surface area (Å²) in [5, 5.41) is 9.84. The van der Waals surface area contributed by atoms with E-state index in [1.165, 1.54) is 0 Å². The minimum absolute atomic E-state index is 0.0838. The Hall–Kier alpha value is -3.63. The van der Waals surface area contributed by atoms with Gasteiger partial charge in [0.05, 0.1) is 19.4 Å². The predicted molar refractivity (Wildman–Crippen MR) is 117 cm³/mol. The summed E-state index contributed by atoms with van der Waals surface area (Å²) in [4.78, 5) is 6.75. The van der Waals surface area contributed by atoms with Crippen LogP contribution in [0.25, 0.3) is 11.3 Å². The SMILES string of the molecule is COc1ccc(-c2cc(N(c3ccccc3)c3ccccc3)ccn2)c(CO)c1. The summed E-state index contributed by atoms with van der Waals surface area (Å²) in [7, 11) is 1.62. The van der Waals surface area contributed by atoms with E-state index < -0.39 is 0 Å². The van der Waals surface area contributed by atoms with Crippen molar-refractivity contribution in [1.82, 2.24) is 4.98 Å². The highest BCUT2D eigenvalue weighted by atomic mass is 16.5. The molecular weight excluding hydrogens is 360 g/mol. The number of rotatable bonds is 6. The Kier molecular flexibility index (Phi) is 5.54. The summed E-state index contributed by atoms with van der Waals surface area (Å²) in [5.41, 5.74) is 5.58. The van der Waals surface area contributed by atoms with Gasteiger partial charge in [-0.25, -0.2) is 0 Å². The first-order valence-corrected chi connectivity index (χ1v) is 9.44. The molecule has 4 heteroatoms. The number of nitrogens with zero attached hydrogens (tertiary/aromatic N) is 2. The predicted octanol–water partition coefficient (Wildman–Crippen LogP) is 5.72. The maximum absolute atomic E-state index is 9.84. The number of ether oxygens (including phenoxy) is 1. The van der Waals surface area contributed by atoms with Crippen molar-refractivity contribution < 1.29 is 9.84 Å². The van der Waals surface area contributed by atoms with Crippen LogP contribution in [-0.2, 0) is 6.61 Å². The second-order valence-corrected chi connectivity index (χ2v) is 6.59. The van der Waals surface area contributed by atoms with E-state index in [0.29, 0.717) is 5.75 Å². The average molecular weight is 382 g/mol. The number of para-hydroxylation sites is 2. The van der Waals surface area contributed by atoms with Crippen LogP contribution >= 0.6 is 0 Å². The van der Waals surface area contributed by atoms with E-state index in [4.69, 9.17) is 4.74 Å². The second-order valence-electron chi connectivity index (χ2n) is 6.59. The van der Waals surface area contributed by atoms with Crippen LogP contribution in [0.15, 0.2) is 97.2 Å². The van der Waals surface area contributed by atoms with Gasteiger partial charge < -0.3 is 14.7 Å². The third-order valence-electron chi connectivity index (χ3n) is 4.79. The number of aromatic nitrogens is 1. The van der Waals surface area contributed by atoms with Gasteiger partial charge in [-0.15, -0.1) is 0 Å². The van der Waals surface area contributed by atoms with Crippen molar-refractivity contribution in [3.8, 4) is 17.0 Å². The molecule has 1 aromatic heterocycles. The Morgan fingerprint density at radius 3 is 2.03 bits per heavy atom. The number of pyridine rings is 1. The van der Waals surface area contributed by atoms with Gasteiger partial charge in [-0.2, -0.15) is 0 Å². The number of benzene rings is 3. The number of anilines is 3. The summed E-state index contributed by atoms with van der Waals surface area (Å²) in [5.74, 6) is 0.712. The van der Waals surface area contributed by atoms with Gasteiger partial charge in [0, 0.05) is 28.8 Å². The minimum Gasteiger partial charge on any atom is -0.497 e. The van der Waals surface area contributed by atoms with Crippen molar-refractivity contribution in [2.75, 3.05) is 12.0 Å². The van der Waals surface area contributed by atoms with Crippen molar-refractivity contribution in [2.45, 2.75) is 6.61 Å². The zero-order chi connectivity index (χ0) is 20.1. The molecule has 0 atom stereocenters. The first-order valence-electron chi connectivity index (χ1n) is 9.44. The van der Waals surface area contributed by atoms with E-state index in [1.807, 2.05) is 66.7 Å². The van der Waals surface area contributed by atoms with Crippen LogP contribution in [0.1, 0.15) is 5.56 Å². The van der Waals surface area contributed by atoms with Gasteiger partial charge in [0.2, 0.25) is 0 Å². The van der Waals surface area contributed by atoms with E-state index in [0.717, 1.165) is 33.9 Å². The molecule has 0 saturated heterocycles. The Morgan fingerprint density at radius 1 is 0.793 bits per heavy atom. The highest BCUT2D eigenvalue weighted by Crippen LogP contribution is 2.36. The summed E-state index contributed by atoms with van der Waals surface area (Å²) >= 11 is 0. The zero-order valence-electron chi connectivity index (χ0n) is 16.2. The molecule has 0 aliphatic carbocycles. The summed E-state index contributed by atoms with van der Waals surface area (Å²) in [6.45, 7) is -0.0838. The molecule has 1 N–H and O–H groups in total. The molecule has 0 saturated carbocycles. The largest absolute Gasteiger partial charge is 0.497 e. The third kappa shape index (κ3) is 3.98. The van der Waals surface area contributed by atoms with Crippen LogP contribution in [0.5, 0.6) is 5.75 Å². The molecule has 4 rings (SSSR count). The summed E-state index contributed by atoms with van der Waals surface area (Å²) < 4.78 is 5.29. The van der Waals surface area contributed by atoms with Crippen molar-refractivity contribution in [2.24, 2.45) is 0 Å². The Bertz CT molecular complexity index is 1040. The van der Waals surface area contributed by atoms with Crippen molar-refractivity contribution >= 4 is 17.1 Å². The maximum atomic E-state index is 9.84. The fraction of sp³-hybridized carbons (Fsp3) is 0.0800. The van der Waals surface area contributed by atoms with Crippen molar-refractivity contribution in [3.05, 3.63) is 103 Å². The number of hydrogen-bond donors (Lipinski definition) is 1. The first-order chi connectivity index (χ1) is 14.3. The van der Waals surface area contributed by atoms with Crippen LogP contribution in [0.4, 0.5) is 17.1 Å². The molecule has 0 aliphatic heterocycles. The highest BCUT2D eigenvalue weighted by molar-refractivity contribution is 5.79. The van der Waals surface area contributed by atoms with Crippen LogP contribution < -0.4 is 9.64 Å². The molecule has 0 aliphatic rings. The lowest BCUT2D eigenvalue weighted by Crippen LogP contribution is -2.10. The monoisotopic (exact) mass is 382 g/mol. The van der Waals surface area contributed by atoms with Gasteiger partial charge >= 0.3 is 0 Å². The van der Waals surface area contributed by atoms with Gasteiger partial charge in [-0.05, 0) is 60.2 Å². The zero-order valence-corrected chi connectivity index (χ0v) is 16.2. The smallest absolute Gasteiger partial charge is 0.119 e. The van der Waals surface area contributed by atoms with Crippen LogP contribution in [0.3, 0.4) is 0 Å². The number of methoxy groups -OCH3 is 1. The summed E-state index contributed by atoms with van der Waals surface area (Å²) in [6.07, 6.45) is 1.80. The lowest BCUT2D eigenvalue weighted by molar-refractivity contribution is 0.281. The lowest BCUT2D eigenvalue weighted by Gasteiger charge is -2.25. The van der Waals surface area contributed by atoms with E-state index >= 15 is 0 Å². The lowest BCUT2D eigenvalue weighted by atomic mass is 10.0. The van der Waals surface area contributed by atoms with Crippen molar-refractivity contribution in [1.29, 1.82) is 0 Å². The van der Waals surface area contributed by atoms with Gasteiger partial charge in [0.15, 0.2) is 0 Å². The topological polar surface area (TPSA) is 45.6 Å². The molecule has 0 spiro atoms. The Morgan fingerprint density at radius 2 is 1.45 bits per heavy atom. The molecule has 29 heavy (non-hydrogen) atoms. The molecule has 1 heterocycles. The number of hydrogen-bond acceptors (Lipinski definition) is 4. The van der Waals surface area contributed by atoms with Gasteiger partial charge in [0.1, 0.15) is 5.75 Å². The second kappa shape index (κ2) is 8.59.